The number of nitrogens with zero attached hydrogens (tertiary/aromatic N) is 2. The number of piperazine rings is 1. The van der Waals surface area contributed by atoms with Crippen molar-refractivity contribution in [1.82, 2.24) is 9.80 Å². The van der Waals surface area contributed by atoms with Gasteiger partial charge in [0.05, 0.1) is 0 Å². The van der Waals surface area contributed by atoms with Crippen LogP contribution in [0.3, 0.4) is 0 Å². The van der Waals surface area contributed by atoms with Crippen LogP contribution in [0.2, 0.25) is 0 Å². The van der Waals surface area contributed by atoms with Crippen molar-refractivity contribution in [3.05, 3.63) is 60.2 Å². The first-order chi connectivity index (χ1) is 11.7. The van der Waals surface area contributed by atoms with E-state index < -0.39 is 6.09 Å². The Hall–Kier alpha value is -2.33. The monoisotopic (exact) mass is 324 g/mol. The van der Waals surface area contributed by atoms with Gasteiger partial charge >= 0.3 is 6.09 Å². The molecule has 0 radical (unpaired) electrons. The van der Waals surface area contributed by atoms with E-state index in [1.807, 2.05) is 6.07 Å². The second-order valence-electron chi connectivity index (χ2n) is 6.28. The number of benzene rings is 2. The van der Waals surface area contributed by atoms with E-state index in [2.05, 4.69) is 53.4 Å². The van der Waals surface area contributed by atoms with Crippen LogP contribution in [0.15, 0.2) is 54.6 Å². The summed E-state index contributed by atoms with van der Waals surface area (Å²) < 4.78 is 0. The molecular weight excluding hydrogens is 300 g/mol. The quantitative estimate of drug-likeness (QED) is 0.914. The third-order valence-corrected chi connectivity index (χ3v) is 4.62. The highest BCUT2D eigenvalue weighted by Gasteiger charge is 2.19. The number of carbonyl (C=O) groups is 1. The van der Waals surface area contributed by atoms with E-state index in [0.29, 0.717) is 13.1 Å². The van der Waals surface area contributed by atoms with E-state index in [9.17, 15) is 4.79 Å². The van der Waals surface area contributed by atoms with Gasteiger partial charge in [0.15, 0.2) is 0 Å². The van der Waals surface area contributed by atoms with Crippen molar-refractivity contribution in [3.8, 4) is 11.1 Å². The molecule has 0 aliphatic carbocycles. The van der Waals surface area contributed by atoms with Crippen molar-refractivity contribution in [2.45, 2.75) is 12.8 Å². The highest BCUT2D eigenvalue weighted by molar-refractivity contribution is 5.65. The van der Waals surface area contributed by atoms with Crippen LogP contribution in [0.5, 0.6) is 0 Å². The minimum absolute atomic E-state index is 0.624. The lowest BCUT2D eigenvalue weighted by atomic mass is 10.0. The fourth-order valence-corrected chi connectivity index (χ4v) is 3.21. The largest absolute Gasteiger partial charge is 0.465 e. The van der Waals surface area contributed by atoms with Crippen molar-refractivity contribution in [2.75, 3.05) is 32.7 Å². The second-order valence-corrected chi connectivity index (χ2v) is 6.28. The molecule has 0 bridgehead atoms. The first kappa shape index (κ1) is 16.5. The van der Waals surface area contributed by atoms with E-state index in [4.69, 9.17) is 5.11 Å². The predicted molar refractivity (Wildman–Crippen MR) is 96.2 cm³/mol. The molecule has 0 unspecified atom stereocenters. The fraction of sp³-hybridized carbons (Fsp3) is 0.350. The van der Waals surface area contributed by atoms with Crippen LogP contribution in [0.25, 0.3) is 11.1 Å². The lowest BCUT2D eigenvalue weighted by Gasteiger charge is -2.33. The third kappa shape index (κ3) is 4.36. The van der Waals surface area contributed by atoms with E-state index in [1.165, 1.54) is 21.6 Å². The molecule has 1 fully saturated rings. The van der Waals surface area contributed by atoms with Crippen molar-refractivity contribution < 1.29 is 9.90 Å². The average Bonchev–Trinajstić information content (AvgIpc) is 2.63. The Kier molecular flexibility index (Phi) is 5.49. The van der Waals surface area contributed by atoms with Gasteiger partial charge in [-0.3, -0.25) is 4.90 Å². The van der Waals surface area contributed by atoms with E-state index in [0.717, 1.165) is 32.5 Å². The van der Waals surface area contributed by atoms with Gasteiger partial charge in [0.1, 0.15) is 0 Å². The molecule has 4 heteroatoms. The number of amides is 1. The van der Waals surface area contributed by atoms with Crippen LogP contribution in [-0.2, 0) is 6.42 Å². The molecule has 1 amide bonds. The molecule has 1 N–H and O–H groups in total. The summed E-state index contributed by atoms with van der Waals surface area (Å²) >= 11 is 0. The summed E-state index contributed by atoms with van der Waals surface area (Å²) in [6.07, 6.45) is 1.36. The molecule has 0 aromatic heterocycles. The maximum absolute atomic E-state index is 10.9. The van der Waals surface area contributed by atoms with E-state index in [1.54, 1.807) is 0 Å². The molecule has 2 aromatic rings. The highest BCUT2D eigenvalue weighted by Crippen LogP contribution is 2.20. The first-order valence-electron chi connectivity index (χ1n) is 8.57. The van der Waals surface area contributed by atoms with Crippen LogP contribution in [-0.4, -0.2) is 53.7 Å². The molecule has 126 valence electrons. The number of rotatable bonds is 5. The Labute approximate surface area is 143 Å². The van der Waals surface area contributed by atoms with Crippen LogP contribution in [0.1, 0.15) is 12.0 Å². The van der Waals surface area contributed by atoms with Gasteiger partial charge in [0, 0.05) is 26.2 Å². The maximum Gasteiger partial charge on any atom is 0.407 e. The Morgan fingerprint density at radius 2 is 1.62 bits per heavy atom. The second kappa shape index (κ2) is 7.97. The third-order valence-electron chi connectivity index (χ3n) is 4.62. The average molecular weight is 324 g/mol. The summed E-state index contributed by atoms with van der Waals surface area (Å²) in [7, 11) is 0. The molecule has 0 atom stereocenters. The molecule has 4 nitrogen and oxygen atoms in total. The van der Waals surface area contributed by atoms with E-state index >= 15 is 0 Å². The van der Waals surface area contributed by atoms with Crippen LogP contribution < -0.4 is 0 Å². The standard InChI is InChI=1S/C20H24N2O2/c23-20(24)22-14-12-21(13-15-22)11-5-7-17-6-4-10-19(16-17)18-8-2-1-3-9-18/h1-4,6,8-10,16H,5,7,11-15H2,(H,23,24). The lowest BCUT2D eigenvalue weighted by molar-refractivity contribution is 0.105. The molecule has 2 aromatic carbocycles. The number of carboxylic acid groups (broad SMARTS) is 1. The molecule has 0 saturated carbocycles. The zero-order valence-corrected chi connectivity index (χ0v) is 13.9. The van der Waals surface area contributed by atoms with E-state index in [-0.39, 0.29) is 0 Å². The molecule has 1 heterocycles. The summed E-state index contributed by atoms with van der Waals surface area (Å²) in [5.74, 6) is 0. The highest BCUT2D eigenvalue weighted by atomic mass is 16.4. The predicted octanol–water partition coefficient (Wildman–Crippen LogP) is 3.58. The first-order valence-corrected chi connectivity index (χ1v) is 8.57. The molecule has 1 aliphatic rings. The topological polar surface area (TPSA) is 43.8 Å². The smallest absolute Gasteiger partial charge is 0.407 e. The number of hydrogen-bond donors (Lipinski definition) is 1. The summed E-state index contributed by atoms with van der Waals surface area (Å²) in [4.78, 5) is 14.8. The minimum Gasteiger partial charge on any atom is -0.465 e. The molecule has 1 saturated heterocycles. The van der Waals surface area contributed by atoms with Gasteiger partial charge in [-0.15, -0.1) is 0 Å². The molecule has 0 spiro atoms. The van der Waals surface area contributed by atoms with Crippen molar-refractivity contribution in [2.24, 2.45) is 0 Å². The Balaban J connectivity index is 1.48. The lowest BCUT2D eigenvalue weighted by Crippen LogP contribution is -2.48. The minimum atomic E-state index is -0.799. The number of hydrogen-bond acceptors (Lipinski definition) is 2. The van der Waals surface area contributed by atoms with Crippen molar-refractivity contribution >= 4 is 6.09 Å². The SMILES string of the molecule is O=C(O)N1CCN(CCCc2cccc(-c3ccccc3)c2)CC1. The summed E-state index contributed by atoms with van der Waals surface area (Å²) in [6.45, 7) is 3.97. The van der Waals surface area contributed by atoms with Crippen LogP contribution in [0.4, 0.5) is 4.79 Å². The van der Waals surface area contributed by atoms with Gasteiger partial charge in [0.2, 0.25) is 0 Å². The van der Waals surface area contributed by atoms with Gasteiger partial charge in [-0.2, -0.15) is 0 Å². The molecule has 24 heavy (non-hydrogen) atoms. The van der Waals surface area contributed by atoms with Crippen LogP contribution >= 0.6 is 0 Å². The molecule has 3 rings (SSSR count). The molecule has 1 aliphatic heterocycles. The zero-order chi connectivity index (χ0) is 16.8. The van der Waals surface area contributed by atoms with Crippen molar-refractivity contribution in [3.63, 3.8) is 0 Å². The van der Waals surface area contributed by atoms with Gasteiger partial charge in [-0.1, -0.05) is 54.6 Å². The maximum atomic E-state index is 10.9. The Morgan fingerprint density at radius 3 is 2.33 bits per heavy atom. The Bertz CT molecular complexity index is 664. The summed E-state index contributed by atoms with van der Waals surface area (Å²) in [6, 6.07) is 19.2. The van der Waals surface area contributed by atoms with Gasteiger partial charge in [-0.25, -0.2) is 4.79 Å². The van der Waals surface area contributed by atoms with Crippen molar-refractivity contribution in [1.29, 1.82) is 0 Å². The number of aryl methyl sites for hydroxylation is 1. The van der Waals surface area contributed by atoms with Crippen LogP contribution in [0, 0.1) is 0 Å². The van der Waals surface area contributed by atoms with Gasteiger partial charge in [0.25, 0.3) is 0 Å². The van der Waals surface area contributed by atoms with Gasteiger partial charge in [-0.05, 0) is 36.1 Å². The fourth-order valence-electron chi connectivity index (χ4n) is 3.21. The van der Waals surface area contributed by atoms with Gasteiger partial charge < -0.3 is 10.0 Å². The molecular formula is C20H24N2O2. The Morgan fingerprint density at radius 1 is 0.917 bits per heavy atom. The normalized spacial score (nSPS) is 15.4. The summed E-state index contributed by atoms with van der Waals surface area (Å²) in [5, 5.41) is 8.98. The summed E-state index contributed by atoms with van der Waals surface area (Å²) in [5.41, 5.74) is 3.88. The zero-order valence-electron chi connectivity index (χ0n) is 13.9.